The number of nitrogens with one attached hydrogen (secondary N) is 2. The molecule has 15 heavy (non-hydrogen) atoms. The van der Waals surface area contributed by atoms with E-state index in [0.717, 1.165) is 32.2 Å². The molecule has 0 aliphatic heterocycles. The van der Waals surface area contributed by atoms with Gasteiger partial charge in [0.2, 0.25) is 0 Å². The molecule has 0 saturated heterocycles. The Morgan fingerprint density at radius 1 is 1.20 bits per heavy atom. The van der Waals surface area contributed by atoms with Crippen LogP contribution >= 0.6 is 0 Å². The van der Waals surface area contributed by atoms with Gasteiger partial charge in [0.1, 0.15) is 0 Å². The summed E-state index contributed by atoms with van der Waals surface area (Å²) in [7, 11) is 0. The monoisotopic (exact) mass is 211 g/mol. The average Bonchev–Trinajstić information content (AvgIpc) is 3.00. The van der Waals surface area contributed by atoms with Crippen LogP contribution in [0.3, 0.4) is 0 Å². The van der Waals surface area contributed by atoms with Crippen LogP contribution < -0.4 is 16.4 Å². The number of hydrogen-bond acceptors (Lipinski definition) is 2. The molecule has 0 radical (unpaired) electrons. The van der Waals surface area contributed by atoms with Crippen molar-refractivity contribution in [1.29, 1.82) is 0 Å². The Morgan fingerprint density at radius 3 is 2.60 bits per heavy atom. The predicted octanol–water partition coefficient (Wildman–Crippen LogP) is 0.965. The number of rotatable bonds is 3. The molecule has 0 heterocycles. The van der Waals surface area contributed by atoms with Crippen LogP contribution in [0.25, 0.3) is 0 Å². The van der Waals surface area contributed by atoms with Crippen molar-refractivity contribution >= 4 is 6.03 Å². The van der Waals surface area contributed by atoms with Gasteiger partial charge >= 0.3 is 6.03 Å². The summed E-state index contributed by atoms with van der Waals surface area (Å²) >= 11 is 0. The minimum atomic E-state index is -0.0183. The molecule has 0 aromatic rings. The molecule has 2 unspecified atom stereocenters. The van der Waals surface area contributed by atoms with E-state index in [4.69, 9.17) is 5.73 Å². The molecule has 0 bridgehead atoms. The lowest BCUT2D eigenvalue weighted by Crippen LogP contribution is -2.44. The SMILES string of the molecule is NC1CCCCC1CNC(=O)NC1CC1. The highest BCUT2D eigenvalue weighted by atomic mass is 16.2. The Morgan fingerprint density at radius 2 is 1.93 bits per heavy atom. The summed E-state index contributed by atoms with van der Waals surface area (Å²) in [5, 5.41) is 5.84. The van der Waals surface area contributed by atoms with E-state index in [1.165, 1.54) is 12.8 Å². The zero-order valence-electron chi connectivity index (χ0n) is 9.17. The van der Waals surface area contributed by atoms with Crippen LogP contribution in [-0.2, 0) is 0 Å². The van der Waals surface area contributed by atoms with Gasteiger partial charge in [0.05, 0.1) is 0 Å². The van der Waals surface area contributed by atoms with Gasteiger partial charge < -0.3 is 16.4 Å². The number of carbonyl (C=O) groups is 1. The van der Waals surface area contributed by atoms with Crippen molar-refractivity contribution < 1.29 is 4.79 Å². The minimum Gasteiger partial charge on any atom is -0.338 e. The van der Waals surface area contributed by atoms with E-state index in [0.29, 0.717) is 12.0 Å². The largest absolute Gasteiger partial charge is 0.338 e. The predicted molar refractivity (Wildman–Crippen MR) is 59.5 cm³/mol. The Balaban J connectivity index is 1.64. The molecule has 2 aliphatic rings. The summed E-state index contributed by atoms with van der Waals surface area (Å²) in [4.78, 5) is 11.4. The van der Waals surface area contributed by atoms with Crippen LogP contribution in [0.4, 0.5) is 4.79 Å². The fraction of sp³-hybridized carbons (Fsp3) is 0.909. The molecule has 4 heteroatoms. The van der Waals surface area contributed by atoms with Crippen molar-refractivity contribution in [3.8, 4) is 0 Å². The van der Waals surface area contributed by atoms with Gasteiger partial charge in [0, 0.05) is 18.6 Å². The van der Waals surface area contributed by atoms with E-state index < -0.39 is 0 Å². The van der Waals surface area contributed by atoms with Crippen molar-refractivity contribution in [2.45, 2.75) is 50.6 Å². The molecule has 2 aliphatic carbocycles. The summed E-state index contributed by atoms with van der Waals surface area (Å²) in [5.41, 5.74) is 6.01. The quantitative estimate of drug-likeness (QED) is 0.651. The molecule has 4 nitrogen and oxygen atoms in total. The molecule has 2 amide bonds. The van der Waals surface area contributed by atoms with Gasteiger partial charge in [0.25, 0.3) is 0 Å². The first kappa shape index (κ1) is 10.7. The summed E-state index contributed by atoms with van der Waals surface area (Å²) in [6.45, 7) is 0.736. The minimum absolute atomic E-state index is 0.0183. The fourth-order valence-electron chi connectivity index (χ4n) is 2.18. The maximum absolute atomic E-state index is 11.4. The van der Waals surface area contributed by atoms with Crippen LogP contribution in [-0.4, -0.2) is 24.7 Å². The second kappa shape index (κ2) is 4.84. The maximum atomic E-state index is 11.4. The molecule has 2 atom stereocenters. The maximum Gasteiger partial charge on any atom is 0.315 e. The number of urea groups is 1. The topological polar surface area (TPSA) is 67.1 Å². The highest BCUT2D eigenvalue weighted by Gasteiger charge is 2.25. The van der Waals surface area contributed by atoms with Gasteiger partial charge in [-0.1, -0.05) is 12.8 Å². The van der Waals surface area contributed by atoms with Crippen LogP contribution in [0.15, 0.2) is 0 Å². The van der Waals surface area contributed by atoms with E-state index >= 15 is 0 Å². The molecule has 2 fully saturated rings. The second-order valence-electron chi connectivity index (χ2n) is 4.84. The van der Waals surface area contributed by atoms with Gasteiger partial charge in [-0.15, -0.1) is 0 Å². The molecule has 0 aromatic heterocycles. The zero-order chi connectivity index (χ0) is 10.7. The van der Waals surface area contributed by atoms with Crippen molar-refractivity contribution in [2.75, 3.05) is 6.54 Å². The van der Waals surface area contributed by atoms with Crippen molar-refractivity contribution in [3.05, 3.63) is 0 Å². The first-order valence-corrected chi connectivity index (χ1v) is 6.05. The summed E-state index contributed by atoms with van der Waals surface area (Å²) in [6.07, 6.45) is 7.03. The number of hydrogen-bond donors (Lipinski definition) is 3. The van der Waals surface area contributed by atoms with Gasteiger partial charge in [-0.25, -0.2) is 4.79 Å². The number of amides is 2. The Hall–Kier alpha value is -0.770. The molecule has 0 spiro atoms. The van der Waals surface area contributed by atoms with Gasteiger partial charge in [0.15, 0.2) is 0 Å². The third-order valence-electron chi connectivity index (χ3n) is 3.41. The van der Waals surface area contributed by atoms with Gasteiger partial charge in [-0.2, -0.15) is 0 Å². The first-order chi connectivity index (χ1) is 7.25. The smallest absolute Gasteiger partial charge is 0.315 e. The van der Waals surface area contributed by atoms with Crippen molar-refractivity contribution in [1.82, 2.24) is 10.6 Å². The third-order valence-corrected chi connectivity index (χ3v) is 3.41. The number of nitrogens with two attached hydrogens (primary N) is 1. The molecule has 0 aromatic carbocycles. The Bertz CT molecular complexity index is 228. The van der Waals surface area contributed by atoms with Gasteiger partial charge in [-0.3, -0.25) is 0 Å². The first-order valence-electron chi connectivity index (χ1n) is 6.05. The summed E-state index contributed by atoms with van der Waals surface area (Å²) in [5.74, 6) is 0.476. The van der Waals surface area contributed by atoms with E-state index in [9.17, 15) is 4.79 Å². The van der Waals surface area contributed by atoms with E-state index in [-0.39, 0.29) is 12.1 Å². The zero-order valence-corrected chi connectivity index (χ0v) is 9.17. The highest BCUT2D eigenvalue weighted by Crippen LogP contribution is 2.22. The molecule has 4 N–H and O–H groups in total. The third kappa shape index (κ3) is 3.38. The van der Waals surface area contributed by atoms with Crippen LogP contribution in [0.1, 0.15) is 38.5 Å². The molecular weight excluding hydrogens is 190 g/mol. The van der Waals surface area contributed by atoms with E-state index in [2.05, 4.69) is 10.6 Å². The van der Waals surface area contributed by atoms with E-state index in [1.807, 2.05) is 0 Å². The molecule has 2 saturated carbocycles. The summed E-state index contributed by atoms with van der Waals surface area (Å²) in [6, 6.07) is 0.695. The molecule has 2 rings (SSSR count). The van der Waals surface area contributed by atoms with Crippen LogP contribution in [0, 0.1) is 5.92 Å². The fourth-order valence-corrected chi connectivity index (χ4v) is 2.18. The second-order valence-corrected chi connectivity index (χ2v) is 4.84. The molecular formula is C11H21N3O. The lowest BCUT2D eigenvalue weighted by Gasteiger charge is -2.28. The lowest BCUT2D eigenvalue weighted by atomic mass is 9.85. The van der Waals surface area contributed by atoms with Crippen LogP contribution in [0.2, 0.25) is 0 Å². The highest BCUT2D eigenvalue weighted by molar-refractivity contribution is 5.74. The lowest BCUT2D eigenvalue weighted by molar-refractivity contribution is 0.233. The number of carbonyl (C=O) groups excluding carboxylic acids is 1. The molecule has 86 valence electrons. The normalized spacial score (nSPS) is 31.0. The summed E-state index contributed by atoms with van der Waals surface area (Å²) < 4.78 is 0. The Labute approximate surface area is 91.0 Å². The van der Waals surface area contributed by atoms with Crippen molar-refractivity contribution in [2.24, 2.45) is 11.7 Å². The van der Waals surface area contributed by atoms with Crippen LogP contribution in [0.5, 0.6) is 0 Å². The van der Waals surface area contributed by atoms with Gasteiger partial charge in [-0.05, 0) is 31.6 Å². The Kier molecular flexibility index (Phi) is 3.46. The standard InChI is InChI=1S/C11H21N3O/c12-10-4-2-1-3-8(10)7-13-11(15)14-9-5-6-9/h8-10H,1-7,12H2,(H2,13,14,15). The van der Waals surface area contributed by atoms with Crippen molar-refractivity contribution in [3.63, 3.8) is 0 Å². The average molecular weight is 211 g/mol. The van der Waals surface area contributed by atoms with E-state index in [1.54, 1.807) is 0 Å².